The summed E-state index contributed by atoms with van der Waals surface area (Å²) in [5.74, 6) is 1.92. The normalized spacial score (nSPS) is 27.9. The fraction of sp³-hybridized carbons (Fsp3) is 1.00. The molecular formula is C12H25NO. The molecule has 0 aromatic heterocycles. The molecule has 1 fully saturated rings. The highest BCUT2D eigenvalue weighted by Crippen LogP contribution is 2.32. The Labute approximate surface area is 88.1 Å². The molecule has 0 bridgehead atoms. The molecule has 0 aromatic carbocycles. The Morgan fingerprint density at radius 1 is 1.21 bits per heavy atom. The molecule has 0 radical (unpaired) electrons. The highest BCUT2D eigenvalue weighted by molar-refractivity contribution is 4.72. The maximum atomic E-state index is 8.59. The summed E-state index contributed by atoms with van der Waals surface area (Å²) < 4.78 is 0. The van der Waals surface area contributed by atoms with Gasteiger partial charge >= 0.3 is 0 Å². The van der Waals surface area contributed by atoms with Gasteiger partial charge in [-0.1, -0.05) is 32.6 Å². The highest BCUT2D eigenvalue weighted by Gasteiger charge is 2.20. The fourth-order valence-electron chi connectivity index (χ4n) is 2.52. The van der Waals surface area contributed by atoms with Crippen LogP contribution in [0.15, 0.2) is 0 Å². The van der Waals surface area contributed by atoms with Crippen molar-refractivity contribution < 1.29 is 5.11 Å². The fourth-order valence-corrected chi connectivity index (χ4v) is 2.52. The Morgan fingerprint density at radius 3 is 2.71 bits per heavy atom. The molecule has 2 atom stereocenters. The quantitative estimate of drug-likeness (QED) is 0.643. The first-order valence-corrected chi connectivity index (χ1v) is 6.16. The van der Waals surface area contributed by atoms with Crippen LogP contribution in [0.2, 0.25) is 0 Å². The van der Waals surface area contributed by atoms with Gasteiger partial charge in [-0.15, -0.1) is 0 Å². The summed E-state index contributed by atoms with van der Waals surface area (Å²) in [6, 6.07) is 0. The lowest BCUT2D eigenvalue weighted by molar-refractivity contribution is 0.236. The standard InChI is InChI=1S/C12H25NO/c1-11-5-2-3-6-12(11)7-4-8-13-9-10-14/h11-14H,2-10H2,1H3. The van der Waals surface area contributed by atoms with Crippen LogP contribution < -0.4 is 5.32 Å². The van der Waals surface area contributed by atoms with Gasteiger partial charge in [0.2, 0.25) is 0 Å². The Morgan fingerprint density at radius 2 is 2.00 bits per heavy atom. The lowest BCUT2D eigenvalue weighted by atomic mass is 9.78. The zero-order valence-corrected chi connectivity index (χ0v) is 9.47. The van der Waals surface area contributed by atoms with Crippen LogP contribution in [0, 0.1) is 11.8 Å². The summed E-state index contributed by atoms with van der Waals surface area (Å²) in [4.78, 5) is 0. The minimum atomic E-state index is 0.264. The smallest absolute Gasteiger partial charge is 0.0555 e. The van der Waals surface area contributed by atoms with E-state index in [0.717, 1.165) is 24.9 Å². The first-order valence-electron chi connectivity index (χ1n) is 6.16. The van der Waals surface area contributed by atoms with Crippen LogP contribution >= 0.6 is 0 Å². The molecule has 14 heavy (non-hydrogen) atoms. The monoisotopic (exact) mass is 199 g/mol. The number of aliphatic hydroxyl groups excluding tert-OH is 1. The minimum Gasteiger partial charge on any atom is -0.395 e. The predicted octanol–water partition coefficient (Wildman–Crippen LogP) is 2.17. The molecule has 2 heteroatoms. The van der Waals surface area contributed by atoms with Gasteiger partial charge in [0.25, 0.3) is 0 Å². The molecule has 2 unspecified atom stereocenters. The average molecular weight is 199 g/mol. The molecular weight excluding hydrogens is 174 g/mol. The number of hydrogen-bond acceptors (Lipinski definition) is 2. The Kier molecular flexibility index (Phi) is 6.20. The zero-order chi connectivity index (χ0) is 10.2. The zero-order valence-electron chi connectivity index (χ0n) is 9.47. The van der Waals surface area contributed by atoms with E-state index in [1.165, 1.54) is 38.5 Å². The molecule has 1 saturated carbocycles. The number of hydrogen-bond donors (Lipinski definition) is 2. The van der Waals surface area contributed by atoms with Gasteiger partial charge in [0.1, 0.15) is 0 Å². The van der Waals surface area contributed by atoms with Crippen LogP contribution in [0.5, 0.6) is 0 Å². The van der Waals surface area contributed by atoms with Crippen LogP contribution in [-0.4, -0.2) is 24.8 Å². The summed E-state index contributed by atoms with van der Waals surface area (Å²) in [7, 11) is 0. The van der Waals surface area contributed by atoms with Gasteiger partial charge in [0.05, 0.1) is 6.61 Å². The molecule has 1 rings (SSSR count). The summed E-state index contributed by atoms with van der Waals surface area (Å²) in [5.41, 5.74) is 0. The van der Waals surface area contributed by atoms with Gasteiger partial charge in [0.15, 0.2) is 0 Å². The molecule has 2 nitrogen and oxygen atoms in total. The average Bonchev–Trinajstić information content (AvgIpc) is 2.20. The van der Waals surface area contributed by atoms with Crippen LogP contribution in [0.1, 0.15) is 45.4 Å². The van der Waals surface area contributed by atoms with E-state index in [1.807, 2.05) is 0 Å². The van der Waals surface area contributed by atoms with Crippen molar-refractivity contribution in [1.82, 2.24) is 5.32 Å². The lowest BCUT2D eigenvalue weighted by Gasteiger charge is -2.28. The van der Waals surface area contributed by atoms with E-state index in [0.29, 0.717) is 0 Å². The SMILES string of the molecule is CC1CCCCC1CCCNCCO. The third-order valence-corrected chi connectivity index (χ3v) is 3.51. The van der Waals surface area contributed by atoms with E-state index in [4.69, 9.17) is 5.11 Å². The molecule has 0 heterocycles. The second-order valence-electron chi connectivity index (χ2n) is 4.64. The van der Waals surface area contributed by atoms with E-state index >= 15 is 0 Å². The second-order valence-corrected chi connectivity index (χ2v) is 4.64. The molecule has 0 amide bonds. The second kappa shape index (κ2) is 7.24. The maximum absolute atomic E-state index is 8.59. The molecule has 1 aliphatic rings. The van der Waals surface area contributed by atoms with E-state index in [2.05, 4.69) is 12.2 Å². The van der Waals surface area contributed by atoms with Crippen molar-refractivity contribution in [2.45, 2.75) is 45.4 Å². The van der Waals surface area contributed by atoms with Gasteiger partial charge in [-0.05, 0) is 31.2 Å². The molecule has 1 aliphatic carbocycles. The maximum Gasteiger partial charge on any atom is 0.0555 e. The number of nitrogens with one attached hydrogen (secondary N) is 1. The van der Waals surface area contributed by atoms with E-state index in [-0.39, 0.29) is 6.61 Å². The van der Waals surface area contributed by atoms with Gasteiger partial charge in [-0.3, -0.25) is 0 Å². The number of rotatable bonds is 6. The van der Waals surface area contributed by atoms with E-state index < -0.39 is 0 Å². The summed E-state index contributed by atoms with van der Waals surface area (Å²) in [5, 5.41) is 11.8. The summed E-state index contributed by atoms with van der Waals surface area (Å²) in [6.07, 6.45) is 8.42. The van der Waals surface area contributed by atoms with E-state index in [1.54, 1.807) is 0 Å². The van der Waals surface area contributed by atoms with Crippen molar-refractivity contribution in [2.75, 3.05) is 19.7 Å². The van der Waals surface area contributed by atoms with Gasteiger partial charge < -0.3 is 10.4 Å². The predicted molar refractivity (Wildman–Crippen MR) is 60.3 cm³/mol. The van der Waals surface area contributed by atoms with E-state index in [9.17, 15) is 0 Å². The van der Waals surface area contributed by atoms with Crippen molar-refractivity contribution in [3.63, 3.8) is 0 Å². The first-order chi connectivity index (χ1) is 6.84. The van der Waals surface area contributed by atoms with Gasteiger partial charge in [-0.25, -0.2) is 0 Å². The van der Waals surface area contributed by atoms with Crippen molar-refractivity contribution in [1.29, 1.82) is 0 Å². The molecule has 84 valence electrons. The topological polar surface area (TPSA) is 32.3 Å². The Bertz CT molecular complexity index is 138. The van der Waals surface area contributed by atoms with Crippen molar-refractivity contribution in [2.24, 2.45) is 11.8 Å². The van der Waals surface area contributed by atoms with Gasteiger partial charge in [0, 0.05) is 6.54 Å². The largest absolute Gasteiger partial charge is 0.395 e. The van der Waals surface area contributed by atoms with Gasteiger partial charge in [-0.2, -0.15) is 0 Å². The third-order valence-electron chi connectivity index (χ3n) is 3.51. The Hall–Kier alpha value is -0.0800. The first kappa shape index (κ1) is 12.0. The molecule has 0 saturated heterocycles. The van der Waals surface area contributed by atoms with Crippen molar-refractivity contribution in [3.05, 3.63) is 0 Å². The lowest BCUT2D eigenvalue weighted by Crippen LogP contribution is -2.22. The van der Waals surface area contributed by atoms with Crippen LogP contribution in [0.4, 0.5) is 0 Å². The Balaban J connectivity index is 1.99. The molecule has 2 N–H and O–H groups in total. The molecule has 0 aliphatic heterocycles. The molecule has 0 aromatic rings. The van der Waals surface area contributed by atoms with Crippen LogP contribution in [0.3, 0.4) is 0 Å². The summed E-state index contributed by atoms with van der Waals surface area (Å²) in [6.45, 7) is 4.49. The highest BCUT2D eigenvalue weighted by atomic mass is 16.3. The van der Waals surface area contributed by atoms with Crippen LogP contribution in [-0.2, 0) is 0 Å². The molecule has 0 spiro atoms. The minimum absolute atomic E-state index is 0.264. The van der Waals surface area contributed by atoms with Crippen molar-refractivity contribution in [3.8, 4) is 0 Å². The number of aliphatic hydroxyl groups is 1. The third kappa shape index (κ3) is 4.43. The van der Waals surface area contributed by atoms with Crippen molar-refractivity contribution >= 4 is 0 Å². The van der Waals surface area contributed by atoms with Crippen LogP contribution in [0.25, 0.3) is 0 Å². The summed E-state index contributed by atoms with van der Waals surface area (Å²) >= 11 is 0.